The predicted molar refractivity (Wildman–Crippen MR) is 80.6 cm³/mol. The van der Waals surface area contributed by atoms with Gasteiger partial charge in [0.15, 0.2) is 9.84 Å². The molecule has 4 nitrogen and oxygen atoms in total. The van der Waals surface area contributed by atoms with Crippen molar-refractivity contribution in [1.82, 2.24) is 0 Å². The second kappa shape index (κ2) is 5.16. The van der Waals surface area contributed by atoms with Crippen molar-refractivity contribution in [3.05, 3.63) is 59.7 Å². The molecular formula is C16H17NO3S. The summed E-state index contributed by atoms with van der Waals surface area (Å²) in [7, 11) is -3.48. The van der Waals surface area contributed by atoms with Crippen molar-refractivity contribution in [3.8, 4) is 5.75 Å². The maximum atomic E-state index is 12.8. The first kappa shape index (κ1) is 14.1. The van der Waals surface area contributed by atoms with Gasteiger partial charge in [0.1, 0.15) is 5.75 Å². The molecule has 0 spiro atoms. The highest BCUT2D eigenvalue weighted by Crippen LogP contribution is 2.44. The second-order valence-electron chi connectivity index (χ2n) is 5.31. The van der Waals surface area contributed by atoms with Crippen LogP contribution in [0.15, 0.2) is 53.4 Å². The quantitative estimate of drug-likeness (QED) is 0.894. The largest absolute Gasteiger partial charge is 0.508 e. The molecule has 0 aliphatic heterocycles. The SMILES string of the molecule is NC1CCC(S(=O)(=O)c2ccccc2)c2cccc(O)c21. The van der Waals surface area contributed by atoms with Gasteiger partial charge < -0.3 is 10.8 Å². The smallest absolute Gasteiger partial charge is 0.185 e. The number of hydrogen-bond acceptors (Lipinski definition) is 4. The van der Waals surface area contributed by atoms with Crippen LogP contribution in [-0.2, 0) is 9.84 Å². The summed E-state index contributed by atoms with van der Waals surface area (Å²) in [5.41, 5.74) is 7.22. The van der Waals surface area contributed by atoms with Gasteiger partial charge in [-0.05, 0) is 36.6 Å². The summed E-state index contributed by atoms with van der Waals surface area (Å²) in [6, 6.07) is 13.1. The minimum absolute atomic E-state index is 0.0768. The van der Waals surface area contributed by atoms with Crippen LogP contribution in [0.3, 0.4) is 0 Å². The van der Waals surface area contributed by atoms with Crippen molar-refractivity contribution in [2.75, 3.05) is 0 Å². The molecule has 3 N–H and O–H groups in total. The Morgan fingerprint density at radius 1 is 1.00 bits per heavy atom. The van der Waals surface area contributed by atoms with E-state index in [1.807, 2.05) is 0 Å². The van der Waals surface area contributed by atoms with Gasteiger partial charge in [-0.25, -0.2) is 8.42 Å². The first-order valence-corrected chi connectivity index (χ1v) is 8.42. The third-order valence-corrected chi connectivity index (χ3v) is 6.19. The lowest BCUT2D eigenvalue weighted by Crippen LogP contribution is -2.25. The van der Waals surface area contributed by atoms with E-state index in [-0.39, 0.29) is 11.8 Å². The Morgan fingerprint density at radius 3 is 2.43 bits per heavy atom. The summed E-state index contributed by atoms with van der Waals surface area (Å²) in [5, 5.41) is 9.35. The van der Waals surface area contributed by atoms with Crippen LogP contribution in [0, 0.1) is 0 Å². The van der Waals surface area contributed by atoms with E-state index >= 15 is 0 Å². The molecule has 0 amide bonds. The Labute approximate surface area is 124 Å². The molecule has 0 radical (unpaired) electrons. The van der Waals surface area contributed by atoms with Crippen LogP contribution in [0.25, 0.3) is 0 Å². The van der Waals surface area contributed by atoms with Crippen molar-refractivity contribution in [1.29, 1.82) is 0 Å². The molecule has 0 heterocycles. The van der Waals surface area contributed by atoms with E-state index in [0.29, 0.717) is 28.9 Å². The van der Waals surface area contributed by atoms with Crippen LogP contribution in [0.1, 0.15) is 35.3 Å². The van der Waals surface area contributed by atoms with E-state index in [2.05, 4.69) is 0 Å². The number of nitrogens with two attached hydrogens (primary N) is 1. The molecule has 110 valence electrons. The van der Waals surface area contributed by atoms with Gasteiger partial charge in [0, 0.05) is 11.6 Å². The summed E-state index contributed by atoms with van der Waals surface area (Å²) < 4.78 is 25.7. The lowest BCUT2D eigenvalue weighted by atomic mass is 9.87. The molecule has 5 heteroatoms. The zero-order chi connectivity index (χ0) is 15.0. The fraction of sp³-hybridized carbons (Fsp3) is 0.250. The van der Waals surface area contributed by atoms with Crippen LogP contribution >= 0.6 is 0 Å². The standard InChI is InChI=1S/C16H17NO3S/c17-13-9-10-15(12-7-4-8-14(18)16(12)13)21(19,20)11-5-2-1-3-6-11/h1-8,13,15,18H,9-10,17H2. The van der Waals surface area contributed by atoms with Crippen LogP contribution < -0.4 is 5.73 Å². The molecule has 0 saturated carbocycles. The molecule has 21 heavy (non-hydrogen) atoms. The van der Waals surface area contributed by atoms with E-state index in [0.717, 1.165) is 0 Å². The molecule has 0 aromatic heterocycles. The number of aromatic hydroxyl groups is 1. The number of hydrogen-bond donors (Lipinski definition) is 2. The van der Waals surface area contributed by atoms with E-state index in [9.17, 15) is 13.5 Å². The van der Waals surface area contributed by atoms with E-state index in [1.54, 1.807) is 48.5 Å². The molecule has 0 fully saturated rings. The van der Waals surface area contributed by atoms with Gasteiger partial charge in [-0.3, -0.25) is 0 Å². The highest BCUT2D eigenvalue weighted by molar-refractivity contribution is 7.91. The Morgan fingerprint density at radius 2 is 1.71 bits per heavy atom. The molecule has 2 aromatic rings. The van der Waals surface area contributed by atoms with Crippen molar-refractivity contribution in [3.63, 3.8) is 0 Å². The number of benzene rings is 2. The van der Waals surface area contributed by atoms with Crippen LogP contribution in [0.4, 0.5) is 0 Å². The summed E-state index contributed by atoms with van der Waals surface area (Å²) in [6.07, 6.45) is 1.01. The Hall–Kier alpha value is -1.85. The molecule has 2 aromatic carbocycles. The molecule has 2 atom stereocenters. The third kappa shape index (κ3) is 2.32. The van der Waals surface area contributed by atoms with Gasteiger partial charge in [-0.1, -0.05) is 30.3 Å². The van der Waals surface area contributed by atoms with Crippen molar-refractivity contribution >= 4 is 9.84 Å². The summed E-state index contributed by atoms with van der Waals surface area (Å²) in [4.78, 5) is 0.305. The topological polar surface area (TPSA) is 80.4 Å². The average molecular weight is 303 g/mol. The molecule has 3 rings (SSSR count). The van der Waals surface area contributed by atoms with Crippen LogP contribution in [-0.4, -0.2) is 13.5 Å². The summed E-state index contributed by atoms with van der Waals surface area (Å²) in [6.45, 7) is 0. The number of phenols is 1. The predicted octanol–water partition coefficient (Wildman–Crippen LogP) is 2.70. The van der Waals surface area contributed by atoms with Gasteiger partial charge in [0.05, 0.1) is 10.1 Å². The Balaban J connectivity index is 2.14. The first-order valence-electron chi connectivity index (χ1n) is 6.88. The molecule has 0 saturated heterocycles. The average Bonchev–Trinajstić information content (AvgIpc) is 2.48. The first-order chi connectivity index (χ1) is 10.0. The summed E-state index contributed by atoms with van der Waals surface area (Å²) >= 11 is 0. The maximum Gasteiger partial charge on any atom is 0.185 e. The maximum absolute atomic E-state index is 12.8. The van der Waals surface area contributed by atoms with Gasteiger partial charge in [-0.2, -0.15) is 0 Å². The molecular weight excluding hydrogens is 286 g/mol. The van der Waals surface area contributed by atoms with Crippen molar-refractivity contribution in [2.24, 2.45) is 5.73 Å². The second-order valence-corrected chi connectivity index (χ2v) is 7.44. The lowest BCUT2D eigenvalue weighted by Gasteiger charge is -2.29. The minimum atomic E-state index is -3.48. The lowest BCUT2D eigenvalue weighted by molar-refractivity contribution is 0.444. The number of phenolic OH excluding ortho intramolecular Hbond substituents is 1. The van der Waals surface area contributed by atoms with Crippen molar-refractivity contribution < 1.29 is 13.5 Å². The number of sulfone groups is 1. The molecule has 1 aliphatic rings. The monoisotopic (exact) mass is 303 g/mol. The van der Waals surface area contributed by atoms with E-state index < -0.39 is 15.1 Å². The normalized spacial score (nSPS) is 21.8. The van der Waals surface area contributed by atoms with Crippen molar-refractivity contribution in [2.45, 2.75) is 29.0 Å². The van der Waals surface area contributed by atoms with E-state index in [4.69, 9.17) is 5.73 Å². The Kier molecular flexibility index (Phi) is 3.47. The Bertz CT molecular complexity index is 756. The van der Waals surface area contributed by atoms with Crippen LogP contribution in [0.2, 0.25) is 0 Å². The zero-order valence-electron chi connectivity index (χ0n) is 11.4. The third-order valence-electron chi connectivity index (χ3n) is 4.02. The minimum Gasteiger partial charge on any atom is -0.508 e. The van der Waals surface area contributed by atoms with Crippen LogP contribution in [0.5, 0.6) is 5.75 Å². The van der Waals surface area contributed by atoms with Gasteiger partial charge in [-0.15, -0.1) is 0 Å². The fourth-order valence-electron chi connectivity index (χ4n) is 2.98. The number of fused-ring (bicyclic) bond motifs is 1. The molecule has 1 aliphatic carbocycles. The van der Waals surface area contributed by atoms with E-state index in [1.165, 1.54) is 0 Å². The number of rotatable bonds is 2. The molecule has 0 bridgehead atoms. The highest BCUT2D eigenvalue weighted by atomic mass is 32.2. The van der Waals surface area contributed by atoms with Gasteiger partial charge in [0.2, 0.25) is 0 Å². The van der Waals surface area contributed by atoms with Gasteiger partial charge >= 0.3 is 0 Å². The highest BCUT2D eigenvalue weighted by Gasteiger charge is 2.36. The zero-order valence-corrected chi connectivity index (χ0v) is 12.3. The summed E-state index contributed by atoms with van der Waals surface area (Å²) in [5.74, 6) is 0.0768. The van der Waals surface area contributed by atoms with Gasteiger partial charge in [0.25, 0.3) is 0 Å². The fourth-order valence-corrected chi connectivity index (χ4v) is 4.83. The molecule has 2 unspecified atom stereocenters.